The second-order valence-electron chi connectivity index (χ2n) is 3.72. The predicted molar refractivity (Wildman–Crippen MR) is 66.4 cm³/mol. The third kappa shape index (κ3) is 3.01. The van der Waals surface area contributed by atoms with Crippen LogP contribution in [0.3, 0.4) is 0 Å². The number of benzene rings is 2. The van der Waals surface area contributed by atoms with E-state index in [1.807, 2.05) is 0 Å². The largest absolute Gasteiger partial charge is 0.497 e. The fourth-order valence-corrected chi connectivity index (χ4v) is 1.53. The first-order chi connectivity index (χ1) is 9.10. The standard InChI is InChI=1S/C14H11FO4/c1-18-10-3-5-11(6-4-10)19-13-7-2-9(15)8-12(13)14(16)17/h2-8H,1H3,(H,16,17). The number of rotatable bonds is 4. The number of hydrogen-bond acceptors (Lipinski definition) is 3. The Labute approximate surface area is 109 Å². The maximum atomic E-state index is 13.0. The van der Waals surface area contributed by atoms with Gasteiger partial charge in [0.1, 0.15) is 28.6 Å². The summed E-state index contributed by atoms with van der Waals surface area (Å²) in [4.78, 5) is 11.0. The van der Waals surface area contributed by atoms with Crippen molar-refractivity contribution in [3.63, 3.8) is 0 Å². The molecule has 2 aromatic carbocycles. The van der Waals surface area contributed by atoms with E-state index in [9.17, 15) is 9.18 Å². The van der Waals surface area contributed by atoms with Crippen LogP contribution in [-0.2, 0) is 0 Å². The highest BCUT2D eigenvalue weighted by Crippen LogP contribution is 2.27. The lowest BCUT2D eigenvalue weighted by molar-refractivity contribution is 0.0693. The molecule has 4 nitrogen and oxygen atoms in total. The maximum absolute atomic E-state index is 13.0. The van der Waals surface area contributed by atoms with Gasteiger partial charge in [0.2, 0.25) is 0 Å². The Bertz CT molecular complexity index is 593. The first-order valence-corrected chi connectivity index (χ1v) is 5.45. The second kappa shape index (κ2) is 5.39. The number of carboxylic acid groups (broad SMARTS) is 1. The molecule has 2 aromatic rings. The molecule has 0 atom stereocenters. The minimum absolute atomic E-state index is 0.0825. The van der Waals surface area contributed by atoms with E-state index in [4.69, 9.17) is 14.6 Å². The lowest BCUT2D eigenvalue weighted by Gasteiger charge is -2.09. The molecule has 0 spiro atoms. The topological polar surface area (TPSA) is 55.8 Å². The highest BCUT2D eigenvalue weighted by atomic mass is 19.1. The molecule has 0 fully saturated rings. The smallest absolute Gasteiger partial charge is 0.339 e. The fraction of sp³-hybridized carbons (Fsp3) is 0.0714. The average Bonchev–Trinajstić information content (AvgIpc) is 2.41. The summed E-state index contributed by atoms with van der Waals surface area (Å²) in [5.41, 5.74) is -0.226. The highest BCUT2D eigenvalue weighted by Gasteiger charge is 2.13. The van der Waals surface area contributed by atoms with Gasteiger partial charge in [-0.1, -0.05) is 0 Å². The maximum Gasteiger partial charge on any atom is 0.339 e. The molecule has 0 saturated carbocycles. The molecule has 5 heteroatoms. The normalized spacial score (nSPS) is 10.0. The van der Waals surface area contributed by atoms with Gasteiger partial charge in [-0.15, -0.1) is 0 Å². The van der Waals surface area contributed by atoms with Crippen LogP contribution in [-0.4, -0.2) is 18.2 Å². The Balaban J connectivity index is 2.29. The summed E-state index contributed by atoms with van der Waals surface area (Å²) < 4.78 is 23.4. The van der Waals surface area contributed by atoms with Crippen molar-refractivity contribution in [3.8, 4) is 17.2 Å². The van der Waals surface area contributed by atoms with Crippen molar-refractivity contribution in [2.75, 3.05) is 7.11 Å². The average molecular weight is 262 g/mol. The number of carbonyl (C=O) groups is 1. The number of hydrogen-bond donors (Lipinski definition) is 1. The molecule has 0 amide bonds. The molecule has 0 unspecified atom stereocenters. The summed E-state index contributed by atoms with van der Waals surface area (Å²) in [5, 5.41) is 8.98. The number of carboxylic acids is 1. The van der Waals surface area contributed by atoms with Crippen molar-refractivity contribution >= 4 is 5.97 Å². The van der Waals surface area contributed by atoms with Crippen LogP contribution < -0.4 is 9.47 Å². The van der Waals surface area contributed by atoms with Crippen molar-refractivity contribution in [1.82, 2.24) is 0 Å². The van der Waals surface area contributed by atoms with Crippen LogP contribution in [0, 0.1) is 5.82 Å². The molecule has 98 valence electrons. The van der Waals surface area contributed by atoms with Crippen LogP contribution in [0.25, 0.3) is 0 Å². The lowest BCUT2D eigenvalue weighted by atomic mass is 10.2. The predicted octanol–water partition coefficient (Wildman–Crippen LogP) is 3.32. The van der Waals surface area contributed by atoms with Crippen LogP contribution >= 0.6 is 0 Å². The van der Waals surface area contributed by atoms with E-state index in [0.717, 1.165) is 12.1 Å². The van der Waals surface area contributed by atoms with E-state index < -0.39 is 11.8 Å². The lowest BCUT2D eigenvalue weighted by Crippen LogP contribution is -2.00. The molecule has 2 rings (SSSR count). The quantitative estimate of drug-likeness (QED) is 0.918. The molecule has 0 heterocycles. The number of methoxy groups -OCH3 is 1. The first kappa shape index (κ1) is 12.9. The molecular formula is C14H11FO4. The zero-order chi connectivity index (χ0) is 13.8. The summed E-state index contributed by atoms with van der Waals surface area (Å²) >= 11 is 0. The Kier molecular flexibility index (Phi) is 3.66. The van der Waals surface area contributed by atoms with Gasteiger partial charge in [0.05, 0.1) is 7.11 Å². The molecule has 0 aliphatic carbocycles. The Morgan fingerprint density at radius 1 is 1.11 bits per heavy atom. The summed E-state index contributed by atoms with van der Waals surface area (Å²) in [6.07, 6.45) is 0. The van der Waals surface area contributed by atoms with Gasteiger partial charge < -0.3 is 14.6 Å². The minimum atomic E-state index is -1.25. The van der Waals surface area contributed by atoms with Crippen LogP contribution in [0.2, 0.25) is 0 Å². The molecule has 19 heavy (non-hydrogen) atoms. The Morgan fingerprint density at radius 3 is 2.32 bits per heavy atom. The molecule has 1 N–H and O–H groups in total. The third-order valence-corrected chi connectivity index (χ3v) is 2.46. The van der Waals surface area contributed by atoms with Crippen LogP contribution in [0.15, 0.2) is 42.5 Å². The number of halogens is 1. The van der Waals surface area contributed by atoms with Crippen molar-refractivity contribution in [2.24, 2.45) is 0 Å². The molecular weight excluding hydrogens is 251 g/mol. The summed E-state index contributed by atoms with van der Waals surface area (Å²) in [5.74, 6) is -0.693. The van der Waals surface area contributed by atoms with E-state index in [2.05, 4.69) is 0 Å². The Morgan fingerprint density at radius 2 is 1.74 bits per heavy atom. The van der Waals surface area contributed by atoms with E-state index >= 15 is 0 Å². The van der Waals surface area contributed by atoms with Crippen LogP contribution in [0.4, 0.5) is 4.39 Å². The van der Waals surface area contributed by atoms with E-state index in [-0.39, 0.29) is 11.3 Å². The fourth-order valence-electron chi connectivity index (χ4n) is 1.53. The first-order valence-electron chi connectivity index (χ1n) is 5.45. The summed E-state index contributed by atoms with van der Waals surface area (Å²) in [6, 6.07) is 9.97. The van der Waals surface area contributed by atoms with Crippen molar-refractivity contribution < 1.29 is 23.8 Å². The van der Waals surface area contributed by atoms with Gasteiger partial charge in [-0.05, 0) is 42.5 Å². The summed E-state index contributed by atoms with van der Waals surface area (Å²) in [7, 11) is 1.54. The van der Waals surface area contributed by atoms with E-state index in [1.54, 1.807) is 31.4 Å². The van der Waals surface area contributed by atoms with Crippen molar-refractivity contribution in [2.45, 2.75) is 0 Å². The Hall–Kier alpha value is -2.56. The molecule has 0 aliphatic rings. The third-order valence-electron chi connectivity index (χ3n) is 2.46. The van der Waals surface area contributed by atoms with Crippen LogP contribution in [0.5, 0.6) is 17.2 Å². The van der Waals surface area contributed by atoms with Gasteiger partial charge in [-0.2, -0.15) is 0 Å². The van der Waals surface area contributed by atoms with Gasteiger partial charge in [0, 0.05) is 0 Å². The van der Waals surface area contributed by atoms with Gasteiger partial charge in [0.25, 0.3) is 0 Å². The van der Waals surface area contributed by atoms with E-state index in [0.29, 0.717) is 11.5 Å². The SMILES string of the molecule is COc1ccc(Oc2ccc(F)cc2C(=O)O)cc1. The molecule has 0 bridgehead atoms. The molecule has 0 aliphatic heterocycles. The van der Waals surface area contributed by atoms with Crippen LogP contribution in [0.1, 0.15) is 10.4 Å². The zero-order valence-corrected chi connectivity index (χ0v) is 10.1. The highest BCUT2D eigenvalue weighted by molar-refractivity contribution is 5.91. The molecule has 0 saturated heterocycles. The minimum Gasteiger partial charge on any atom is -0.497 e. The van der Waals surface area contributed by atoms with E-state index in [1.165, 1.54) is 6.07 Å². The van der Waals surface area contributed by atoms with Gasteiger partial charge in [-0.3, -0.25) is 0 Å². The summed E-state index contributed by atoms with van der Waals surface area (Å²) in [6.45, 7) is 0. The molecule has 0 aromatic heterocycles. The van der Waals surface area contributed by atoms with Gasteiger partial charge >= 0.3 is 5.97 Å². The van der Waals surface area contributed by atoms with Crippen molar-refractivity contribution in [1.29, 1.82) is 0 Å². The zero-order valence-electron chi connectivity index (χ0n) is 10.1. The number of aromatic carboxylic acids is 1. The van der Waals surface area contributed by atoms with Crippen molar-refractivity contribution in [3.05, 3.63) is 53.8 Å². The molecule has 0 radical (unpaired) electrons. The van der Waals surface area contributed by atoms with Gasteiger partial charge in [-0.25, -0.2) is 9.18 Å². The van der Waals surface area contributed by atoms with Gasteiger partial charge in [0.15, 0.2) is 0 Å². The number of ether oxygens (including phenoxy) is 2. The monoisotopic (exact) mass is 262 g/mol. The second-order valence-corrected chi connectivity index (χ2v) is 3.72.